The van der Waals surface area contributed by atoms with Gasteiger partial charge in [-0.1, -0.05) is 35.3 Å². The molecule has 9 heteroatoms. The molecule has 2 aromatic rings. The number of phenols is 1. The highest BCUT2D eigenvalue weighted by Crippen LogP contribution is 2.33. The number of phenolic OH excluding ortho intramolecular Hbond substituents is 1. The summed E-state index contributed by atoms with van der Waals surface area (Å²) in [7, 11) is 0. The Kier molecular flexibility index (Phi) is 5.36. The zero-order chi connectivity index (χ0) is 17.9. The Balaban J connectivity index is 2.19. The maximum atomic E-state index is 12.9. The number of hydrogen-bond acceptors (Lipinski definition) is 3. The third-order valence-corrected chi connectivity index (χ3v) is 3.74. The molecule has 0 aliphatic rings. The first-order chi connectivity index (χ1) is 11.2. The van der Waals surface area contributed by atoms with E-state index in [0.717, 1.165) is 18.3 Å². The van der Waals surface area contributed by atoms with Gasteiger partial charge in [-0.3, -0.25) is 4.79 Å². The van der Waals surface area contributed by atoms with Crippen LogP contribution in [-0.4, -0.2) is 17.2 Å². The second-order valence-electron chi connectivity index (χ2n) is 4.54. The molecule has 1 amide bonds. The van der Waals surface area contributed by atoms with Gasteiger partial charge in [0.05, 0.1) is 22.4 Å². The Morgan fingerprint density at radius 2 is 1.83 bits per heavy atom. The second kappa shape index (κ2) is 7.11. The number of hydrazone groups is 1. The standard InChI is InChI=1S/C15H9Cl2F3N2O2/c16-11-6-5-8(13(23)12(11)17)7-21-22-14(24)9-3-1-2-4-10(9)15(18,19)20/h1-7,23H,(H,22,24)/b21-7+. The van der Waals surface area contributed by atoms with Gasteiger partial charge >= 0.3 is 6.18 Å². The van der Waals surface area contributed by atoms with Crippen LogP contribution in [0.4, 0.5) is 13.2 Å². The van der Waals surface area contributed by atoms with Gasteiger partial charge in [0, 0.05) is 5.56 Å². The predicted molar refractivity (Wildman–Crippen MR) is 84.6 cm³/mol. The van der Waals surface area contributed by atoms with Crippen molar-refractivity contribution in [2.75, 3.05) is 0 Å². The number of carbonyl (C=O) groups is 1. The van der Waals surface area contributed by atoms with Crippen LogP contribution in [0.5, 0.6) is 5.75 Å². The lowest BCUT2D eigenvalue weighted by Gasteiger charge is -2.11. The van der Waals surface area contributed by atoms with E-state index in [1.165, 1.54) is 24.3 Å². The SMILES string of the molecule is O=C(N/N=C/c1ccc(Cl)c(Cl)c1O)c1ccccc1C(F)(F)F. The molecule has 126 valence electrons. The molecule has 0 aromatic heterocycles. The van der Waals surface area contributed by atoms with Crippen molar-refractivity contribution < 1.29 is 23.1 Å². The molecule has 0 unspecified atom stereocenters. The average molecular weight is 377 g/mol. The number of nitrogens with zero attached hydrogens (tertiary/aromatic N) is 1. The maximum absolute atomic E-state index is 12.9. The quantitative estimate of drug-likeness (QED) is 0.612. The van der Waals surface area contributed by atoms with Gasteiger partial charge < -0.3 is 5.11 Å². The van der Waals surface area contributed by atoms with Crippen molar-refractivity contribution in [2.24, 2.45) is 5.10 Å². The molecule has 0 saturated heterocycles. The molecule has 0 heterocycles. The van der Waals surface area contributed by atoms with E-state index < -0.39 is 23.2 Å². The summed E-state index contributed by atoms with van der Waals surface area (Å²) in [5.74, 6) is -1.41. The van der Waals surface area contributed by atoms with Crippen LogP contribution < -0.4 is 5.43 Å². The predicted octanol–water partition coefficient (Wildman–Crippen LogP) is 4.48. The highest BCUT2D eigenvalue weighted by molar-refractivity contribution is 6.43. The number of amides is 1. The van der Waals surface area contributed by atoms with Crippen molar-refractivity contribution in [3.05, 3.63) is 63.1 Å². The highest BCUT2D eigenvalue weighted by Gasteiger charge is 2.34. The van der Waals surface area contributed by atoms with Crippen molar-refractivity contribution in [3.63, 3.8) is 0 Å². The van der Waals surface area contributed by atoms with Crippen LogP contribution >= 0.6 is 23.2 Å². The molecule has 0 bridgehead atoms. The number of rotatable bonds is 3. The molecule has 0 fully saturated rings. The maximum Gasteiger partial charge on any atom is 0.417 e. The molecule has 0 saturated carbocycles. The summed E-state index contributed by atoms with van der Waals surface area (Å²) >= 11 is 11.4. The average Bonchev–Trinajstić information content (AvgIpc) is 2.54. The molecular formula is C15H9Cl2F3N2O2. The van der Waals surface area contributed by atoms with Crippen molar-refractivity contribution >= 4 is 35.3 Å². The molecule has 0 atom stereocenters. The van der Waals surface area contributed by atoms with Crippen LogP contribution in [0.15, 0.2) is 41.5 Å². The van der Waals surface area contributed by atoms with Crippen LogP contribution in [0.2, 0.25) is 10.0 Å². The Hall–Kier alpha value is -2.25. The molecule has 0 radical (unpaired) electrons. The lowest BCUT2D eigenvalue weighted by atomic mass is 10.1. The van der Waals surface area contributed by atoms with Crippen molar-refractivity contribution in [3.8, 4) is 5.75 Å². The zero-order valence-electron chi connectivity index (χ0n) is 11.7. The van der Waals surface area contributed by atoms with Gasteiger partial charge in [-0.05, 0) is 24.3 Å². The Morgan fingerprint density at radius 3 is 2.50 bits per heavy atom. The zero-order valence-corrected chi connectivity index (χ0v) is 13.2. The van der Waals surface area contributed by atoms with Crippen LogP contribution in [0.3, 0.4) is 0 Å². The molecule has 0 aliphatic carbocycles. The summed E-state index contributed by atoms with van der Waals surface area (Å²) in [6.45, 7) is 0. The third-order valence-electron chi connectivity index (χ3n) is 2.95. The van der Waals surface area contributed by atoms with Gasteiger partial charge in [-0.2, -0.15) is 18.3 Å². The monoisotopic (exact) mass is 376 g/mol. The van der Waals surface area contributed by atoms with E-state index in [0.29, 0.717) is 0 Å². The van der Waals surface area contributed by atoms with E-state index in [9.17, 15) is 23.1 Å². The second-order valence-corrected chi connectivity index (χ2v) is 5.33. The van der Waals surface area contributed by atoms with Crippen LogP contribution in [0.25, 0.3) is 0 Å². The summed E-state index contributed by atoms with van der Waals surface area (Å²) < 4.78 is 38.6. The molecule has 2 rings (SSSR count). The van der Waals surface area contributed by atoms with E-state index in [2.05, 4.69) is 5.10 Å². The van der Waals surface area contributed by atoms with E-state index in [1.54, 1.807) is 0 Å². The van der Waals surface area contributed by atoms with E-state index in [-0.39, 0.29) is 21.4 Å². The lowest BCUT2D eigenvalue weighted by molar-refractivity contribution is -0.137. The molecule has 0 aliphatic heterocycles. The van der Waals surface area contributed by atoms with Gasteiger partial charge in [-0.25, -0.2) is 5.43 Å². The van der Waals surface area contributed by atoms with Crippen molar-refractivity contribution in [1.29, 1.82) is 0 Å². The summed E-state index contributed by atoms with van der Waals surface area (Å²) in [5, 5.41) is 13.3. The van der Waals surface area contributed by atoms with Gasteiger partial charge in [0.2, 0.25) is 0 Å². The van der Waals surface area contributed by atoms with Crippen LogP contribution in [0, 0.1) is 0 Å². The third kappa shape index (κ3) is 3.98. The number of benzene rings is 2. The fourth-order valence-electron chi connectivity index (χ4n) is 1.81. The van der Waals surface area contributed by atoms with Gasteiger partial charge in [0.15, 0.2) is 0 Å². The fourth-order valence-corrected chi connectivity index (χ4v) is 2.13. The topological polar surface area (TPSA) is 61.7 Å². The minimum Gasteiger partial charge on any atom is -0.506 e. The number of aromatic hydroxyl groups is 1. The number of hydrogen-bond donors (Lipinski definition) is 2. The molecule has 0 spiro atoms. The number of nitrogens with one attached hydrogen (secondary N) is 1. The summed E-state index contributed by atoms with van der Waals surface area (Å²) in [4.78, 5) is 11.9. The smallest absolute Gasteiger partial charge is 0.417 e. The molecule has 2 aromatic carbocycles. The highest BCUT2D eigenvalue weighted by atomic mass is 35.5. The summed E-state index contributed by atoms with van der Waals surface area (Å²) in [5.41, 5.74) is 0.455. The molecular weight excluding hydrogens is 368 g/mol. The number of carbonyl (C=O) groups excluding carboxylic acids is 1. The first-order valence-corrected chi connectivity index (χ1v) is 7.14. The number of alkyl halides is 3. The van der Waals surface area contributed by atoms with Gasteiger partial charge in [-0.15, -0.1) is 0 Å². The lowest BCUT2D eigenvalue weighted by Crippen LogP contribution is -2.22. The van der Waals surface area contributed by atoms with Crippen molar-refractivity contribution in [1.82, 2.24) is 5.43 Å². The van der Waals surface area contributed by atoms with Gasteiger partial charge in [0.1, 0.15) is 10.8 Å². The van der Waals surface area contributed by atoms with Gasteiger partial charge in [0.25, 0.3) is 5.91 Å². The van der Waals surface area contributed by atoms with Crippen LogP contribution in [-0.2, 0) is 6.18 Å². The van der Waals surface area contributed by atoms with E-state index in [4.69, 9.17) is 23.2 Å². The van der Waals surface area contributed by atoms with E-state index >= 15 is 0 Å². The summed E-state index contributed by atoms with van der Waals surface area (Å²) in [6.07, 6.45) is -3.63. The Labute approximate surface area is 144 Å². The first kappa shape index (κ1) is 18.1. The fraction of sp³-hybridized carbons (Fsp3) is 0.0667. The molecule has 2 N–H and O–H groups in total. The first-order valence-electron chi connectivity index (χ1n) is 6.38. The minimum absolute atomic E-state index is 0.102. The summed E-state index contributed by atoms with van der Waals surface area (Å²) in [6, 6.07) is 7.08. The normalized spacial score (nSPS) is 11.7. The Morgan fingerprint density at radius 1 is 1.17 bits per heavy atom. The van der Waals surface area contributed by atoms with E-state index in [1.807, 2.05) is 5.43 Å². The van der Waals surface area contributed by atoms with Crippen molar-refractivity contribution in [2.45, 2.75) is 6.18 Å². The molecule has 4 nitrogen and oxygen atoms in total. The van der Waals surface area contributed by atoms with Crippen LogP contribution in [0.1, 0.15) is 21.5 Å². The largest absolute Gasteiger partial charge is 0.506 e. The minimum atomic E-state index is -4.67. The number of halogens is 5. The Bertz CT molecular complexity index is 808. The molecule has 24 heavy (non-hydrogen) atoms.